The number of methoxy groups -OCH3 is 1. The highest BCUT2D eigenvalue weighted by molar-refractivity contribution is 6.10. The number of rotatable bonds is 7. The van der Waals surface area contributed by atoms with Crippen LogP contribution in [0.15, 0.2) is 36.5 Å². The molecule has 1 aliphatic carbocycles. The van der Waals surface area contributed by atoms with E-state index in [1.54, 1.807) is 24.3 Å². The minimum Gasteiger partial charge on any atom is -0.758 e. The fourth-order valence-corrected chi connectivity index (χ4v) is 4.48. The van der Waals surface area contributed by atoms with E-state index in [-0.39, 0.29) is 23.9 Å². The van der Waals surface area contributed by atoms with Crippen LogP contribution in [0.1, 0.15) is 60.5 Å². The number of Topliss-reactive ketones (excluding diaryl/α,β-unsaturated/α-hetero) is 1. The van der Waals surface area contributed by atoms with Crippen molar-refractivity contribution in [1.29, 1.82) is 0 Å². The number of carbonyl (C=O) groups excluding carboxylic acids is 1. The Morgan fingerprint density at radius 1 is 1.26 bits per heavy atom. The van der Waals surface area contributed by atoms with E-state index in [0.29, 0.717) is 22.1 Å². The zero-order valence-corrected chi connectivity index (χ0v) is 17.3. The second-order valence-corrected chi connectivity index (χ2v) is 8.00. The zero-order valence-electron chi connectivity index (χ0n) is 17.3. The van der Waals surface area contributed by atoms with Crippen LogP contribution in [0.25, 0.3) is 0 Å². The molecule has 1 aromatic heterocycles. The van der Waals surface area contributed by atoms with Crippen molar-refractivity contribution in [1.82, 2.24) is 4.98 Å². The molecule has 4 rings (SSSR count). The first-order valence-corrected chi connectivity index (χ1v) is 10.5. The lowest BCUT2D eigenvalue weighted by Crippen LogP contribution is -2.38. The van der Waals surface area contributed by atoms with Crippen molar-refractivity contribution >= 4 is 17.4 Å². The van der Waals surface area contributed by atoms with Gasteiger partial charge in [-0.15, -0.1) is 0 Å². The van der Waals surface area contributed by atoms with Crippen molar-refractivity contribution in [2.24, 2.45) is 0 Å². The topological polar surface area (TPSA) is 112 Å². The van der Waals surface area contributed by atoms with Gasteiger partial charge in [-0.25, -0.2) is 0 Å². The molecule has 0 radical (unpaired) electrons. The van der Waals surface area contributed by atoms with Gasteiger partial charge in [0.25, 0.3) is 0 Å². The molecule has 0 spiro atoms. The number of aromatic nitrogens is 1. The second kappa shape index (κ2) is 8.93. The zero-order chi connectivity index (χ0) is 22.0. The number of aliphatic carboxylic acids is 1. The van der Waals surface area contributed by atoms with Crippen LogP contribution >= 0.6 is 0 Å². The Morgan fingerprint density at radius 2 is 2.03 bits per heavy atom. The number of hydrogen-bond acceptors (Lipinski definition) is 7. The van der Waals surface area contributed by atoms with Crippen molar-refractivity contribution in [3.8, 4) is 11.5 Å². The highest BCUT2D eigenvalue weighted by Crippen LogP contribution is 2.41. The molecule has 2 aliphatic rings. The molecule has 31 heavy (non-hydrogen) atoms. The smallest absolute Gasteiger partial charge is 0.304 e. The van der Waals surface area contributed by atoms with E-state index in [9.17, 15) is 19.9 Å². The largest absolute Gasteiger partial charge is 0.758 e. The normalized spacial score (nSPS) is 19.7. The molecule has 2 unspecified atom stereocenters. The van der Waals surface area contributed by atoms with Gasteiger partial charge in [0.05, 0.1) is 31.4 Å². The Labute approximate surface area is 180 Å². The summed E-state index contributed by atoms with van der Waals surface area (Å²) in [6, 6.07) is 7.02. The maximum absolute atomic E-state index is 12.9. The number of ketones is 1. The van der Waals surface area contributed by atoms with Gasteiger partial charge in [-0.3, -0.25) is 14.6 Å². The summed E-state index contributed by atoms with van der Waals surface area (Å²) in [4.78, 5) is 28.6. The summed E-state index contributed by atoms with van der Waals surface area (Å²) >= 11 is 0. The van der Waals surface area contributed by atoms with Crippen molar-refractivity contribution < 1.29 is 24.2 Å². The molecule has 1 aliphatic heterocycles. The van der Waals surface area contributed by atoms with Gasteiger partial charge in [0, 0.05) is 12.1 Å². The van der Waals surface area contributed by atoms with Gasteiger partial charge >= 0.3 is 5.97 Å². The van der Waals surface area contributed by atoms with Crippen molar-refractivity contribution in [3.05, 3.63) is 53.0 Å². The molecule has 0 saturated heterocycles. The predicted molar refractivity (Wildman–Crippen MR) is 114 cm³/mol. The molecular weight excluding hydrogens is 400 g/mol. The average molecular weight is 425 g/mol. The molecule has 8 heteroatoms. The summed E-state index contributed by atoms with van der Waals surface area (Å²) in [5.41, 5.74) is 0.765. The second-order valence-electron chi connectivity index (χ2n) is 8.00. The molecule has 164 valence electrons. The van der Waals surface area contributed by atoms with Crippen molar-refractivity contribution in [2.75, 3.05) is 12.2 Å². The lowest BCUT2D eigenvalue weighted by Gasteiger charge is -2.36. The van der Waals surface area contributed by atoms with Crippen LogP contribution in [0.5, 0.6) is 11.5 Å². The molecule has 8 nitrogen and oxygen atoms in total. The number of benzene rings is 1. The van der Waals surface area contributed by atoms with E-state index in [1.165, 1.54) is 25.8 Å². The van der Waals surface area contributed by atoms with E-state index in [0.717, 1.165) is 25.7 Å². The van der Waals surface area contributed by atoms with Crippen molar-refractivity contribution in [2.45, 2.75) is 56.6 Å². The Balaban J connectivity index is 1.65. The highest BCUT2D eigenvalue weighted by Gasteiger charge is 2.40. The van der Waals surface area contributed by atoms with Gasteiger partial charge in [0.1, 0.15) is 5.69 Å². The molecule has 0 bridgehead atoms. The van der Waals surface area contributed by atoms with Gasteiger partial charge in [0.15, 0.2) is 11.5 Å². The first-order valence-electron chi connectivity index (χ1n) is 10.5. The Hall–Kier alpha value is -3.13. The third-order valence-corrected chi connectivity index (χ3v) is 6.02. The lowest BCUT2D eigenvalue weighted by atomic mass is 9.86. The quantitative estimate of drug-likeness (QED) is 0.710. The number of carboxylic acid groups (broad SMARTS) is 1. The van der Waals surface area contributed by atoms with E-state index in [2.05, 4.69) is 4.98 Å². The fraction of sp³-hybridized carbons (Fsp3) is 0.435. The number of ether oxygens (including phenoxy) is 2. The fourth-order valence-electron chi connectivity index (χ4n) is 4.48. The van der Waals surface area contributed by atoms with Crippen LogP contribution < -0.4 is 14.5 Å². The molecule has 2 aromatic rings. The first kappa shape index (κ1) is 21.1. The summed E-state index contributed by atoms with van der Waals surface area (Å²) in [5, 5.41) is 23.0. The number of carboxylic acids is 1. The van der Waals surface area contributed by atoms with E-state index >= 15 is 0 Å². The number of carbonyl (C=O) groups is 2. The summed E-state index contributed by atoms with van der Waals surface area (Å²) in [6.07, 6.45) is 6.63. The number of nitrogens with zero attached hydrogens (tertiary/aromatic N) is 2. The van der Waals surface area contributed by atoms with Gasteiger partial charge in [-0.05, 0) is 55.5 Å². The summed E-state index contributed by atoms with van der Waals surface area (Å²) in [5.74, 6) is -1.41. The Bertz CT molecular complexity index is 972. The lowest BCUT2D eigenvalue weighted by molar-refractivity contribution is -0.137. The number of pyridine rings is 1. The van der Waals surface area contributed by atoms with E-state index < -0.39 is 23.7 Å². The number of hydroxylamine groups is 1. The third-order valence-electron chi connectivity index (χ3n) is 6.02. The van der Waals surface area contributed by atoms with Crippen LogP contribution in [-0.2, 0) is 4.79 Å². The molecule has 2 heterocycles. The number of hydrogen-bond donors (Lipinski definition) is 1. The van der Waals surface area contributed by atoms with E-state index in [4.69, 9.17) is 9.47 Å². The van der Waals surface area contributed by atoms with Crippen LogP contribution in [0.4, 0.5) is 5.69 Å². The number of fused-ring (bicyclic) bond motifs is 1. The van der Waals surface area contributed by atoms with Gasteiger partial charge < -0.3 is 24.9 Å². The monoisotopic (exact) mass is 425 g/mol. The van der Waals surface area contributed by atoms with E-state index in [1.807, 2.05) is 0 Å². The first-order chi connectivity index (χ1) is 15.0. The molecule has 1 aromatic carbocycles. The standard InChI is InChI=1S/C23H25N2O6/c1-30-19-12-14(9-10-18(19)31-15-6-3-2-4-7-15)16(13-20(26)27)22-23(28)21-17(25(22)29)8-5-11-24-21/h5,8-12,15-16,22H,2-4,6-7,13H2,1H3,(H,26,27)/q-1. The predicted octanol–water partition coefficient (Wildman–Crippen LogP) is 3.93. The minimum absolute atomic E-state index is 0.0714. The molecule has 1 saturated carbocycles. The minimum atomic E-state index is -1.20. The maximum Gasteiger partial charge on any atom is 0.304 e. The van der Waals surface area contributed by atoms with Gasteiger partial charge in [-0.1, -0.05) is 12.5 Å². The van der Waals surface area contributed by atoms with Crippen LogP contribution in [0.2, 0.25) is 0 Å². The summed E-state index contributed by atoms with van der Waals surface area (Å²) < 4.78 is 11.6. The van der Waals surface area contributed by atoms with Gasteiger partial charge in [-0.2, -0.15) is 0 Å². The van der Waals surface area contributed by atoms with Crippen molar-refractivity contribution in [3.63, 3.8) is 0 Å². The maximum atomic E-state index is 12.9. The van der Waals surface area contributed by atoms with Crippen LogP contribution in [0, 0.1) is 5.21 Å². The third kappa shape index (κ3) is 4.20. The van der Waals surface area contributed by atoms with Gasteiger partial charge in [0.2, 0.25) is 5.78 Å². The molecule has 1 N–H and O–H groups in total. The summed E-state index contributed by atoms with van der Waals surface area (Å²) in [6.45, 7) is 0. The SMILES string of the molecule is COc1cc(C(CC(=O)O)C2C(=O)c3ncccc3N2[O-])ccc1OC1CCCCC1. The van der Waals surface area contributed by atoms with Crippen LogP contribution in [-0.4, -0.2) is 41.1 Å². The Morgan fingerprint density at radius 3 is 2.71 bits per heavy atom. The molecular formula is C23H25N2O6-. The molecule has 0 amide bonds. The molecule has 1 fully saturated rings. The Kier molecular flexibility index (Phi) is 6.08. The average Bonchev–Trinajstić information content (AvgIpc) is 3.03. The summed E-state index contributed by atoms with van der Waals surface area (Å²) in [7, 11) is 1.51. The highest BCUT2D eigenvalue weighted by atomic mass is 16.5. The van der Waals surface area contributed by atoms with Crippen LogP contribution in [0.3, 0.4) is 0 Å². The number of anilines is 1. The molecule has 2 atom stereocenters.